The smallest absolute Gasteiger partial charge is 0.252 e. The van der Waals surface area contributed by atoms with Gasteiger partial charge in [0.2, 0.25) is 5.91 Å². The first-order valence-electron chi connectivity index (χ1n) is 9.95. The average molecular weight is 406 g/mol. The first-order chi connectivity index (χ1) is 13.9. The fraction of sp³-hybridized carbons (Fsp3) is 0.684. The molecule has 0 saturated carbocycles. The maximum absolute atomic E-state index is 12.5. The summed E-state index contributed by atoms with van der Waals surface area (Å²) in [5.74, 6) is 0.437. The van der Waals surface area contributed by atoms with E-state index in [2.05, 4.69) is 20.4 Å². The molecule has 3 rings (SSSR count). The van der Waals surface area contributed by atoms with Crippen LogP contribution in [0.3, 0.4) is 0 Å². The van der Waals surface area contributed by atoms with Crippen LogP contribution in [-0.2, 0) is 16.0 Å². The fourth-order valence-corrected chi connectivity index (χ4v) is 3.80. The van der Waals surface area contributed by atoms with Gasteiger partial charge >= 0.3 is 0 Å². The summed E-state index contributed by atoms with van der Waals surface area (Å²) in [6.07, 6.45) is 1.68. The van der Waals surface area contributed by atoms with Crippen LogP contribution in [-0.4, -0.2) is 92.2 Å². The number of fused-ring (bicyclic) bond motifs is 1. The van der Waals surface area contributed by atoms with Crippen molar-refractivity contribution >= 4 is 11.7 Å². The molecule has 160 valence electrons. The molecular weight excluding hydrogens is 376 g/mol. The molecule has 0 bridgehead atoms. The second-order valence-corrected chi connectivity index (χ2v) is 7.58. The Labute approximate surface area is 169 Å². The lowest BCUT2D eigenvalue weighted by Gasteiger charge is -2.37. The van der Waals surface area contributed by atoms with Gasteiger partial charge in [-0.05, 0) is 39.3 Å². The third kappa shape index (κ3) is 5.08. The molecule has 2 aromatic rings. The summed E-state index contributed by atoms with van der Waals surface area (Å²) < 4.78 is 7.34. The van der Waals surface area contributed by atoms with Crippen molar-refractivity contribution in [2.75, 3.05) is 33.4 Å². The van der Waals surface area contributed by atoms with Crippen LogP contribution >= 0.6 is 0 Å². The number of hydrogen-bond donors (Lipinski definition) is 3. The van der Waals surface area contributed by atoms with E-state index in [0.29, 0.717) is 44.7 Å². The van der Waals surface area contributed by atoms with Crippen LogP contribution in [0.25, 0.3) is 5.78 Å². The Hall–Kier alpha value is -2.14. The van der Waals surface area contributed by atoms with E-state index in [0.717, 1.165) is 17.0 Å². The first-order valence-corrected chi connectivity index (χ1v) is 9.95. The molecule has 1 aliphatic heterocycles. The molecule has 1 amide bonds. The van der Waals surface area contributed by atoms with Crippen LogP contribution < -0.4 is 5.32 Å². The number of nitrogens with one attached hydrogen (secondary N) is 1. The molecule has 3 N–H and O–H groups in total. The number of aliphatic hydroxyl groups excluding tert-OH is 2. The van der Waals surface area contributed by atoms with E-state index in [9.17, 15) is 9.90 Å². The molecule has 1 fully saturated rings. The van der Waals surface area contributed by atoms with Gasteiger partial charge < -0.3 is 25.2 Å². The first kappa shape index (κ1) is 21.6. The van der Waals surface area contributed by atoms with Gasteiger partial charge in [0, 0.05) is 37.5 Å². The van der Waals surface area contributed by atoms with E-state index in [-0.39, 0.29) is 18.6 Å². The molecular formula is C19H30N6O4. The van der Waals surface area contributed by atoms with E-state index in [1.54, 1.807) is 4.52 Å². The van der Waals surface area contributed by atoms with E-state index in [4.69, 9.17) is 9.84 Å². The van der Waals surface area contributed by atoms with Gasteiger partial charge in [0.25, 0.3) is 5.78 Å². The van der Waals surface area contributed by atoms with Crippen molar-refractivity contribution < 1.29 is 19.7 Å². The zero-order valence-electron chi connectivity index (χ0n) is 17.2. The van der Waals surface area contributed by atoms with E-state index >= 15 is 0 Å². The van der Waals surface area contributed by atoms with Gasteiger partial charge in [-0.15, -0.1) is 0 Å². The summed E-state index contributed by atoms with van der Waals surface area (Å²) >= 11 is 0. The van der Waals surface area contributed by atoms with Crippen LogP contribution in [0.4, 0.5) is 0 Å². The van der Waals surface area contributed by atoms with Gasteiger partial charge in [-0.2, -0.15) is 10.1 Å². The minimum Gasteiger partial charge on any atom is -0.395 e. The topological polar surface area (TPSA) is 125 Å². The molecule has 0 aromatic carbocycles. The minimum atomic E-state index is -0.787. The number of carbonyl (C=O) groups excluding carboxylic acids is 1. The lowest BCUT2D eigenvalue weighted by atomic mass is 9.98. The highest BCUT2D eigenvalue weighted by Gasteiger charge is 2.34. The minimum absolute atomic E-state index is 0.0492. The van der Waals surface area contributed by atoms with Crippen LogP contribution in [0.1, 0.15) is 29.8 Å². The quantitative estimate of drug-likeness (QED) is 0.522. The predicted molar refractivity (Wildman–Crippen MR) is 105 cm³/mol. The Morgan fingerprint density at radius 1 is 1.45 bits per heavy atom. The molecule has 1 saturated heterocycles. The summed E-state index contributed by atoms with van der Waals surface area (Å²) in [4.78, 5) is 23.0. The summed E-state index contributed by atoms with van der Waals surface area (Å²) in [6, 6.07) is -0.345. The Balaban J connectivity index is 1.56. The number of amides is 1. The van der Waals surface area contributed by atoms with Gasteiger partial charge in [0.05, 0.1) is 18.8 Å². The van der Waals surface area contributed by atoms with Gasteiger partial charge in [-0.1, -0.05) is 0 Å². The van der Waals surface area contributed by atoms with Crippen molar-refractivity contribution in [1.82, 2.24) is 29.8 Å². The molecule has 3 atom stereocenters. The number of ether oxygens (including phenoxy) is 1. The third-order valence-electron chi connectivity index (χ3n) is 5.46. The van der Waals surface area contributed by atoms with Crippen molar-refractivity contribution in [2.24, 2.45) is 0 Å². The molecule has 3 heterocycles. The number of aliphatic hydroxyl groups is 2. The Bertz CT molecular complexity index is 841. The monoisotopic (exact) mass is 406 g/mol. The van der Waals surface area contributed by atoms with Crippen molar-refractivity contribution in [3.63, 3.8) is 0 Å². The third-order valence-corrected chi connectivity index (χ3v) is 5.46. The molecule has 0 spiro atoms. The van der Waals surface area contributed by atoms with E-state index < -0.39 is 12.2 Å². The number of likely N-dealkylation sites (N-methyl/N-ethyl adjacent to an activating group) is 1. The van der Waals surface area contributed by atoms with Crippen molar-refractivity contribution in [3.8, 4) is 0 Å². The summed E-state index contributed by atoms with van der Waals surface area (Å²) in [5.41, 5.74) is 2.75. The van der Waals surface area contributed by atoms with E-state index in [1.165, 1.54) is 6.33 Å². The Morgan fingerprint density at radius 3 is 3.00 bits per heavy atom. The maximum atomic E-state index is 12.5. The maximum Gasteiger partial charge on any atom is 0.252 e. The second kappa shape index (κ2) is 9.57. The fourth-order valence-electron chi connectivity index (χ4n) is 3.80. The Kier molecular flexibility index (Phi) is 7.12. The normalized spacial score (nSPS) is 22.3. The number of carbonyl (C=O) groups is 1. The molecule has 2 aromatic heterocycles. The SMILES string of the molecule is Cc1nc2ncnn2c(C)c1CCC(=O)N[C@H]1CCO[C@H](CN(C)CCO)[C@H]1O. The van der Waals surface area contributed by atoms with Crippen LogP contribution in [0.15, 0.2) is 6.33 Å². The Morgan fingerprint density at radius 2 is 2.24 bits per heavy atom. The molecule has 29 heavy (non-hydrogen) atoms. The number of nitrogens with zero attached hydrogens (tertiary/aromatic N) is 5. The van der Waals surface area contributed by atoms with Crippen molar-refractivity contribution in [1.29, 1.82) is 0 Å². The van der Waals surface area contributed by atoms with Gasteiger partial charge in [0.1, 0.15) is 12.4 Å². The average Bonchev–Trinajstić information content (AvgIpc) is 3.13. The number of rotatable bonds is 8. The van der Waals surface area contributed by atoms with Gasteiger partial charge in [-0.3, -0.25) is 4.79 Å². The van der Waals surface area contributed by atoms with Crippen LogP contribution in [0, 0.1) is 13.8 Å². The van der Waals surface area contributed by atoms with Crippen LogP contribution in [0.2, 0.25) is 0 Å². The van der Waals surface area contributed by atoms with Gasteiger partial charge in [0.15, 0.2) is 0 Å². The standard InChI is InChI=1S/C19H30N6O4/c1-12-14(13(2)25-19(22-12)20-11-21-25)4-5-17(27)23-15-6-9-29-16(18(15)28)10-24(3)7-8-26/h11,15-16,18,26,28H,4-10H2,1-3H3,(H,23,27)/t15-,16+,18-/m0/s1. The zero-order chi connectivity index (χ0) is 21.0. The van der Waals surface area contributed by atoms with Gasteiger partial charge in [-0.25, -0.2) is 9.50 Å². The predicted octanol–water partition coefficient (Wildman–Crippen LogP) is -0.768. The second-order valence-electron chi connectivity index (χ2n) is 7.58. The summed E-state index contributed by atoms with van der Waals surface area (Å²) in [5, 5.41) is 26.8. The van der Waals surface area contributed by atoms with Crippen molar-refractivity contribution in [3.05, 3.63) is 23.3 Å². The highest BCUT2D eigenvalue weighted by Crippen LogP contribution is 2.18. The molecule has 10 heteroatoms. The molecule has 10 nitrogen and oxygen atoms in total. The highest BCUT2D eigenvalue weighted by atomic mass is 16.5. The zero-order valence-corrected chi connectivity index (χ0v) is 17.2. The molecule has 0 aliphatic carbocycles. The summed E-state index contributed by atoms with van der Waals surface area (Å²) in [6.45, 7) is 5.38. The summed E-state index contributed by atoms with van der Waals surface area (Å²) in [7, 11) is 1.86. The highest BCUT2D eigenvalue weighted by molar-refractivity contribution is 5.76. The lowest BCUT2D eigenvalue weighted by Crippen LogP contribution is -2.56. The number of aromatic nitrogens is 4. The lowest BCUT2D eigenvalue weighted by molar-refractivity contribution is -0.129. The van der Waals surface area contributed by atoms with Crippen LogP contribution in [0.5, 0.6) is 0 Å². The van der Waals surface area contributed by atoms with E-state index in [1.807, 2.05) is 25.8 Å². The van der Waals surface area contributed by atoms with Crippen molar-refractivity contribution in [2.45, 2.75) is 51.4 Å². The molecule has 0 radical (unpaired) electrons. The largest absolute Gasteiger partial charge is 0.395 e. The molecule has 0 unspecified atom stereocenters. The molecule has 1 aliphatic rings. The number of aryl methyl sites for hydroxylation is 2. The number of hydrogen-bond acceptors (Lipinski definition) is 8.